The van der Waals surface area contributed by atoms with Gasteiger partial charge in [-0.1, -0.05) is 43.1 Å². The third-order valence-corrected chi connectivity index (χ3v) is 8.80. The van der Waals surface area contributed by atoms with Gasteiger partial charge in [-0.25, -0.2) is 13.4 Å². The van der Waals surface area contributed by atoms with Crippen molar-refractivity contribution in [2.24, 2.45) is 0 Å². The standard InChI is InChI=1S/C28H30ClN3O4S/c1-5-6-9-20-10-7-8-11-26(20)37(34,35)31(3)19(2)27-30-25-17-12-21(29)18-24(25)28(33)32(27)22-13-15-23(36-4)16-14-22/h7-8,10-19H,5-6,9H2,1-4H3. The highest BCUT2D eigenvalue weighted by Gasteiger charge is 2.31. The fourth-order valence-electron chi connectivity index (χ4n) is 4.29. The molecule has 1 atom stereocenters. The second-order valence-corrected chi connectivity index (χ2v) is 11.3. The van der Waals surface area contributed by atoms with Crippen LogP contribution in [0.3, 0.4) is 0 Å². The first-order valence-electron chi connectivity index (χ1n) is 12.1. The van der Waals surface area contributed by atoms with Crippen LogP contribution in [0.2, 0.25) is 5.02 Å². The minimum absolute atomic E-state index is 0.267. The third-order valence-electron chi connectivity index (χ3n) is 6.54. The molecule has 37 heavy (non-hydrogen) atoms. The highest BCUT2D eigenvalue weighted by Crippen LogP contribution is 2.29. The monoisotopic (exact) mass is 539 g/mol. The number of methoxy groups -OCH3 is 1. The molecule has 1 unspecified atom stereocenters. The number of fused-ring (bicyclic) bond motifs is 1. The Bertz CT molecular complexity index is 1580. The van der Waals surface area contributed by atoms with E-state index in [0.717, 1.165) is 18.4 Å². The Balaban J connectivity index is 1.88. The van der Waals surface area contributed by atoms with Crippen LogP contribution in [0.4, 0.5) is 0 Å². The van der Waals surface area contributed by atoms with Gasteiger partial charge in [0.15, 0.2) is 0 Å². The van der Waals surface area contributed by atoms with E-state index in [9.17, 15) is 13.2 Å². The molecular weight excluding hydrogens is 510 g/mol. The smallest absolute Gasteiger partial charge is 0.266 e. The predicted octanol–water partition coefficient (Wildman–Crippen LogP) is 5.77. The van der Waals surface area contributed by atoms with Crippen LogP contribution < -0.4 is 10.3 Å². The number of ether oxygens (including phenoxy) is 1. The fourth-order valence-corrected chi connectivity index (χ4v) is 6.04. The van der Waals surface area contributed by atoms with E-state index in [0.29, 0.717) is 39.6 Å². The van der Waals surface area contributed by atoms with Crippen molar-refractivity contribution in [2.75, 3.05) is 14.2 Å². The molecule has 3 aromatic carbocycles. The first kappa shape index (κ1) is 26.9. The number of hydrogen-bond donors (Lipinski definition) is 0. The van der Waals surface area contributed by atoms with Crippen molar-refractivity contribution in [1.29, 1.82) is 0 Å². The van der Waals surface area contributed by atoms with Crippen molar-refractivity contribution >= 4 is 32.5 Å². The van der Waals surface area contributed by atoms with E-state index in [-0.39, 0.29) is 10.5 Å². The van der Waals surface area contributed by atoms with Crippen LogP contribution in [0.25, 0.3) is 16.6 Å². The molecule has 0 aliphatic carbocycles. The molecule has 0 saturated heterocycles. The maximum Gasteiger partial charge on any atom is 0.266 e. The molecule has 9 heteroatoms. The van der Waals surface area contributed by atoms with Gasteiger partial charge in [-0.3, -0.25) is 9.36 Å². The van der Waals surface area contributed by atoms with E-state index >= 15 is 0 Å². The van der Waals surface area contributed by atoms with Gasteiger partial charge in [-0.05, 0) is 73.9 Å². The van der Waals surface area contributed by atoms with E-state index in [2.05, 4.69) is 6.92 Å². The molecule has 1 aromatic heterocycles. The van der Waals surface area contributed by atoms with E-state index in [1.165, 1.54) is 15.9 Å². The predicted molar refractivity (Wildman–Crippen MR) is 147 cm³/mol. The van der Waals surface area contributed by atoms with Crippen LogP contribution in [0.5, 0.6) is 5.75 Å². The summed E-state index contributed by atoms with van der Waals surface area (Å²) < 4.78 is 35.6. The molecule has 0 bridgehead atoms. The summed E-state index contributed by atoms with van der Waals surface area (Å²) in [6.07, 6.45) is 2.51. The van der Waals surface area contributed by atoms with Gasteiger partial charge in [0.25, 0.3) is 5.56 Å². The first-order chi connectivity index (χ1) is 17.7. The molecule has 1 heterocycles. The van der Waals surface area contributed by atoms with E-state index in [1.54, 1.807) is 68.6 Å². The van der Waals surface area contributed by atoms with Crippen molar-refractivity contribution in [2.45, 2.75) is 44.0 Å². The topological polar surface area (TPSA) is 81.5 Å². The molecule has 0 N–H and O–H groups in total. The number of sulfonamides is 1. The second-order valence-electron chi connectivity index (χ2n) is 8.88. The lowest BCUT2D eigenvalue weighted by molar-refractivity contribution is 0.378. The average molecular weight is 540 g/mol. The summed E-state index contributed by atoms with van der Waals surface area (Å²) in [6, 6.07) is 18.2. The normalized spacial score (nSPS) is 12.7. The van der Waals surface area contributed by atoms with Gasteiger partial charge in [0, 0.05) is 12.1 Å². The Labute approximate surface area is 222 Å². The van der Waals surface area contributed by atoms with Gasteiger partial charge < -0.3 is 4.74 Å². The van der Waals surface area contributed by atoms with Crippen LogP contribution in [0.15, 0.2) is 76.4 Å². The molecule has 0 aliphatic rings. The van der Waals surface area contributed by atoms with Crippen LogP contribution >= 0.6 is 11.6 Å². The number of rotatable bonds is 9. The summed E-state index contributed by atoms with van der Waals surface area (Å²) in [4.78, 5) is 18.8. The highest BCUT2D eigenvalue weighted by atomic mass is 35.5. The van der Waals surface area contributed by atoms with Crippen LogP contribution in [-0.2, 0) is 16.4 Å². The summed E-state index contributed by atoms with van der Waals surface area (Å²) in [5.41, 5.74) is 1.41. The summed E-state index contributed by atoms with van der Waals surface area (Å²) in [5, 5.41) is 0.756. The van der Waals surface area contributed by atoms with Crippen LogP contribution in [-0.4, -0.2) is 36.4 Å². The van der Waals surface area contributed by atoms with Gasteiger partial charge in [0.1, 0.15) is 11.6 Å². The minimum atomic E-state index is -3.89. The molecule has 0 radical (unpaired) electrons. The lowest BCUT2D eigenvalue weighted by Crippen LogP contribution is -2.35. The Kier molecular flexibility index (Phi) is 8.02. The molecule has 7 nitrogen and oxygen atoms in total. The van der Waals surface area contributed by atoms with Crippen molar-refractivity contribution < 1.29 is 13.2 Å². The summed E-state index contributed by atoms with van der Waals surface area (Å²) >= 11 is 6.18. The van der Waals surface area contributed by atoms with Crippen molar-refractivity contribution in [1.82, 2.24) is 13.9 Å². The molecule has 0 saturated carbocycles. The molecule has 0 fully saturated rings. The summed E-state index contributed by atoms with van der Waals surface area (Å²) in [6.45, 7) is 3.80. The molecule has 194 valence electrons. The van der Waals surface area contributed by atoms with Crippen molar-refractivity contribution in [3.63, 3.8) is 0 Å². The maximum absolute atomic E-state index is 13.8. The molecule has 0 aliphatic heterocycles. The Morgan fingerprint density at radius 2 is 1.78 bits per heavy atom. The SMILES string of the molecule is CCCCc1ccccc1S(=O)(=O)N(C)C(C)c1nc2ccc(Cl)cc2c(=O)n1-c1ccc(OC)cc1. The van der Waals surface area contributed by atoms with E-state index in [4.69, 9.17) is 21.3 Å². The van der Waals surface area contributed by atoms with E-state index in [1.807, 2.05) is 12.1 Å². The first-order valence-corrected chi connectivity index (χ1v) is 13.9. The van der Waals surface area contributed by atoms with Gasteiger partial charge in [-0.15, -0.1) is 0 Å². The zero-order valence-electron chi connectivity index (χ0n) is 21.3. The minimum Gasteiger partial charge on any atom is -0.497 e. The Hall–Kier alpha value is -3.20. The third kappa shape index (κ3) is 5.28. The quantitative estimate of drug-likeness (QED) is 0.269. The zero-order valence-corrected chi connectivity index (χ0v) is 22.9. The number of aromatic nitrogens is 2. The fraction of sp³-hybridized carbons (Fsp3) is 0.286. The summed E-state index contributed by atoms with van der Waals surface area (Å²) in [5.74, 6) is 0.925. The Morgan fingerprint density at radius 1 is 1.08 bits per heavy atom. The summed E-state index contributed by atoms with van der Waals surface area (Å²) in [7, 11) is -0.810. The van der Waals surface area contributed by atoms with Crippen LogP contribution in [0.1, 0.15) is 44.1 Å². The Morgan fingerprint density at radius 3 is 2.46 bits per heavy atom. The lowest BCUT2D eigenvalue weighted by atomic mass is 10.1. The van der Waals surface area contributed by atoms with E-state index < -0.39 is 16.1 Å². The largest absolute Gasteiger partial charge is 0.497 e. The van der Waals surface area contributed by atoms with Gasteiger partial charge in [0.2, 0.25) is 10.0 Å². The van der Waals surface area contributed by atoms with Crippen molar-refractivity contribution in [3.8, 4) is 11.4 Å². The van der Waals surface area contributed by atoms with Gasteiger partial charge in [0.05, 0.1) is 34.6 Å². The zero-order chi connectivity index (χ0) is 26.7. The number of benzene rings is 3. The van der Waals surface area contributed by atoms with Crippen molar-refractivity contribution in [3.05, 3.63) is 93.5 Å². The van der Waals surface area contributed by atoms with Gasteiger partial charge >= 0.3 is 0 Å². The van der Waals surface area contributed by atoms with Crippen LogP contribution in [0, 0.1) is 0 Å². The number of aryl methyl sites for hydroxylation is 1. The molecule has 0 amide bonds. The lowest BCUT2D eigenvalue weighted by Gasteiger charge is -2.27. The number of halogens is 1. The number of hydrogen-bond acceptors (Lipinski definition) is 5. The molecular formula is C28H30ClN3O4S. The number of unbranched alkanes of at least 4 members (excludes halogenated alkanes) is 1. The molecule has 4 rings (SSSR count). The number of nitrogens with zero attached hydrogens (tertiary/aromatic N) is 3. The maximum atomic E-state index is 13.8. The average Bonchev–Trinajstić information content (AvgIpc) is 2.91. The second kappa shape index (κ2) is 11.0. The molecule has 0 spiro atoms. The highest BCUT2D eigenvalue weighted by molar-refractivity contribution is 7.89. The molecule has 4 aromatic rings. The van der Waals surface area contributed by atoms with Gasteiger partial charge in [-0.2, -0.15) is 4.31 Å².